The third kappa shape index (κ3) is 2.65. The van der Waals surface area contributed by atoms with Gasteiger partial charge in [-0.25, -0.2) is 0 Å². The molecule has 7 heteroatoms. The van der Waals surface area contributed by atoms with Crippen molar-refractivity contribution in [2.75, 3.05) is 13.1 Å². The Labute approximate surface area is 109 Å². The summed E-state index contributed by atoms with van der Waals surface area (Å²) >= 11 is 0. The maximum Gasteiger partial charge on any atom is 0.311 e. The predicted octanol–water partition coefficient (Wildman–Crippen LogP) is 0.897. The van der Waals surface area contributed by atoms with Crippen molar-refractivity contribution in [3.05, 3.63) is 33.9 Å². The molecule has 1 saturated heterocycles. The number of likely N-dealkylation sites (tertiary alicyclic amines) is 1. The molecule has 1 aliphatic rings. The second kappa shape index (κ2) is 5.23. The van der Waals surface area contributed by atoms with E-state index in [2.05, 4.69) is 0 Å². The van der Waals surface area contributed by atoms with Gasteiger partial charge < -0.3 is 15.1 Å². The molecule has 1 amide bonds. The van der Waals surface area contributed by atoms with Gasteiger partial charge in [-0.1, -0.05) is 6.07 Å². The lowest BCUT2D eigenvalue weighted by Crippen LogP contribution is -2.42. The lowest BCUT2D eigenvalue weighted by atomic mass is 10.1. The molecule has 1 aliphatic heterocycles. The molecule has 0 aromatic heterocycles. The monoisotopic (exact) mass is 266 g/mol. The van der Waals surface area contributed by atoms with Gasteiger partial charge in [-0.05, 0) is 18.9 Å². The Morgan fingerprint density at radius 3 is 2.84 bits per heavy atom. The number of piperidine rings is 1. The maximum atomic E-state index is 12.2. The lowest BCUT2D eigenvalue weighted by molar-refractivity contribution is -0.385. The topological polar surface area (TPSA) is 104 Å². The fourth-order valence-corrected chi connectivity index (χ4v) is 2.16. The summed E-state index contributed by atoms with van der Waals surface area (Å²) in [7, 11) is 0. The Bertz CT molecular complexity index is 517. The number of nitro benzene ring substituents is 1. The van der Waals surface area contributed by atoms with Crippen LogP contribution in [0.2, 0.25) is 0 Å². The Morgan fingerprint density at radius 1 is 1.47 bits per heavy atom. The third-order valence-corrected chi connectivity index (χ3v) is 3.13. The van der Waals surface area contributed by atoms with Crippen LogP contribution in [0.5, 0.6) is 5.75 Å². The van der Waals surface area contributed by atoms with Crippen LogP contribution in [0.15, 0.2) is 18.2 Å². The van der Waals surface area contributed by atoms with Crippen molar-refractivity contribution >= 4 is 11.6 Å². The Morgan fingerprint density at radius 2 is 2.21 bits per heavy atom. The number of carbonyl (C=O) groups is 1. The smallest absolute Gasteiger partial charge is 0.311 e. The van der Waals surface area contributed by atoms with E-state index in [1.54, 1.807) is 0 Å². The summed E-state index contributed by atoms with van der Waals surface area (Å²) in [6, 6.07) is 3.83. The Hall–Kier alpha value is -2.15. The number of amides is 1. The first-order chi connectivity index (χ1) is 9.00. The zero-order valence-corrected chi connectivity index (χ0v) is 10.2. The molecule has 1 fully saturated rings. The second-order valence-corrected chi connectivity index (χ2v) is 4.48. The molecule has 2 rings (SSSR count). The number of β-amino-alcohol motifs (C(OH)–C–C–N with tert-alkyl or cyclic N) is 1. The second-order valence-electron chi connectivity index (χ2n) is 4.48. The number of para-hydroxylation sites is 1. The van der Waals surface area contributed by atoms with Gasteiger partial charge in [0.2, 0.25) is 5.75 Å². The first-order valence-corrected chi connectivity index (χ1v) is 5.94. The van der Waals surface area contributed by atoms with E-state index < -0.39 is 28.4 Å². The van der Waals surface area contributed by atoms with Gasteiger partial charge in [-0.3, -0.25) is 14.9 Å². The van der Waals surface area contributed by atoms with E-state index in [4.69, 9.17) is 0 Å². The van der Waals surface area contributed by atoms with Gasteiger partial charge in [0.15, 0.2) is 0 Å². The number of carbonyl (C=O) groups excluding carboxylic acids is 1. The minimum Gasteiger partial charge on any atom is -0.502 e. The fraction of sp³-hybridized carbons (Fsp3) is 0.417. The van der Waals surface area contributed by atoms with Crippen molar-refractivity contribution in [2.45, 2.75) is 18.9 Å². The highest BCUT2D eigenvalue weighted by Crippen LogP contribution is 2.30. The summed E-state index contributed by atoms with van der Waals surface area (Å²) in [5.74, 6) is -1.13. The van der Waals surface area contributed by atoms with Gasteiger partial charge in [0, 0.05) is 19.2 Å². The van der Waals surface area contributed by atoms with Crippen LogP contribution >= 0.6 is 0 Å². The molecule has 0 bridgehead atoms. The van der Waals surface area contributed by atoms with Crippen LogP contribution in [0, 0.1) is 10.1 Å². The number of phenols is 1. The van der Waals surface area contributed by atoms with Gasteiger partial charge >= 0.3 is 5.69 Å². The zero-order valence-electron chi connectivity index (χ0n) is 10.2. The number of benzene rings is 1. The number of aromatic hydroxyl groups is 1. The maximum absolute atomic E-state index is 12.2. The largest absolute Gasteiger partial charge is 0.502 e. The summed E-state index contributed by atoms with van der Waals surface area (Å²) in [4.78, 5) is 23.5. The number of nitro groups is 1. The van der Waals surface area contributed by atoms with Crippen LogP contribution in [0.25, 0.3) is 0 Å². The van der Waals surface area contributed by atoms with E-state index in [1.807, 2.05) is 0 Å². The predicted molar refractivity (Wildman–Crippen MR) is 65.9 cm³/mol. The molecule has 102 valence electrons. The minimum absolute atomic E-state index is 0.108. The molecule has 0 spiro atoms. The van der Waals surface area contributed by atoms with Gasteiger partial charge in [-0.2, -0.15) is 0 Å². The van der Waals surface area contributed by atoms with Crippen LogP contribution in [0.3, 0.4) is 0 Å². The number of rotatable bonds is 2. The van der Waals surface area contributed by atoms with Crippen LogP contribution in [0.4, 0.5) is 5.69 Å². The quantitative estimate of drug-likeness (QED) is 0.611. The zero-order chi connectivity index (χ0) is 14.0. The molecule has 7 nitrogen and oxygen atoms in total. The Kier molecular flexibility index (Phi) is 3.66. The normalized spacial score (nSPS) is 19.2. The standard InChI is InChI=1S/C12H14N2O5/c15-8-3-2-6-13(7-8)12(17)9-4-1-5-10(11(9)16)14(18)19/h1,4-5,8,15-16H,2-3,6-7H2/t8-/m0/s1. The van der Waals surface area contributed by atoms with E-state index in [9.17, 15) is 25.1 Å². The number of aliphatic hydroxyl groups is 1. The third-order valence-electron chi connectivity index (χ3n) is 3.13. The van der Waals surface area contributed by atoms with Crippen LogP contribution < -0.4 is 0 Å². The average Bonchev–Trinajstić information content (AvgIpc) is 2.38. The Balaban J connectivity index is 2.28. The molecule has 0 saturated carbocycles. The number of nitrogens with zero attached hydrogens (tertiary/aromatic N) is 2. The molecule has 1 aromatic carbocycles. The van der Waals surface area contributed by atoms with Crippen molar-refractivity contribution in [1.82, 2.24) is 4.90 Å². The highest BCUT2D eigenvalue weighted by molar-refractivity contribution is 5.98. The summed E-state index contributed by atoms with van der Waals surface area (Å²) in [6.45, 7) is 0.652. The van der Waals surface area contributed by atoms with Crippen LogP contribution in [-0.2, 0) is 0 Å². The van der Waals surface area contributed by atoms with Gasteiger partial charge in [-0.15, -0.1) is 0 Å². The molecule has 0 unspecified atom stereocenters. The van der Waals surface area contributed by atoms with Crippen molar-refractivity contribution in [3.8, 4) is 5.75 Å². The molecule has 1 heterocycles. The minimum atomic E-state index is -0.739. The molecule has 1 atom stereocenters. The molecule has 1 aromatic rings. The first kappa shape index (κ1) is 13.3. The number of phenolic OH excluding ortho intramolecular Hbond substituents is 1. The molecule has 0 radical (unpaired) electrons. The number of hydrogen-bond acceptors (Lipinski definition) is 5. The summed E-state index contributed by atoms with van der Waals surface area (Å²) in [5.41, 5.74) is -0.605. The molecule has 0 aliphatic carbocycles. The molecule has 19 heavy (non-hydrogen) atoms. The van der Waals surface area contributed by atoms with Crippen molar-refractivity contribution in [1.29, 1.82) is 0 Å². The first-order valence-electron chi connectivity index (χ1n) is 5.94. The summed E-state index contributed by atoms with van der Waals surface area (Å²) < 4.78 is 0. The van der Waals surface area contributed by atoms with Crippen LogP contribution in [0.1, 0.15) is 23.2 Å². The highest BCUT2D eigenvalue weighted by Gasteiger charge is 2.27. The molecular weight excluding hydrogens is 252 g/mol. The summed E-state index contributed by atoms with van der Waals surface area (Å²) in [5, 5.41) is 30.0. The highest BCUT2D eigenvalue weighted by atomic mass is 16.6. The van der Waals surface area contributed by atoms with E-state index in [0.717, 1.165) is 6.07 Å². The molecular formula is C12H14N2O5. The van der Waals surface area contributed by atoms with Crippen molar-refractivity contribution < 1.29 is 19.9 Å². The average molecular weight is 266 g/mol. The SMILES string of the molecule is O=C(c1cccc([N+](=O)[O-])c1O)N1CCC[C@H](O)C1. The van der Waals surface area contributed by atoms with Crippen molar-refractivity contribution in [3.63, 3.8) is 0 Å². The van der Waals surface area contributed by atoms with E-state index >= 15 is 0 Å². The van der Waals surface area contributed by atoms with E-state index in [1.165, 1.54) is 17.0 Å². The van der Waals surface area contributed by atoms with Crippen molar-refractivity contribution in [2.24, 2.45) is 0 Å². The lowest BCUT2D eigenvalue weighted by Gasteiger charge is -2.30. The number of aliphatic hydroxyl groups excluding tert-OH is 1. The van der Waals surface area contributed by atoms with Crippen LogP contribution in [-0.4, -0.2) is 45.1 Å². The van der Waals surface area contributed by atoms with E-state index in [-0.39, 0.29) is 12.1 Å². The van der Waals surface area contributed by atoms with Gasteiger partial charge in [0.05, 0.1) is 16.6 Å². The fourth-order valence-electron chi connectivity index (χ4n) is 2.16. The number of hydrogen-bond donors (Lipinski definition) is 2. The van der Waals surface area contributed by atoms with Gasteiger partial charge in [0.1, 0.15) is 0 Å². The molecule has 2 N–H and O–H groups in total. The summed E-state index contributed by atoms with van der Waals surface area (Å²) in [6.07, 6.45) is 0.714. The van der Waals surface area contributed by atoms with Gasteiger partial charge in [0.25, 0.3) is 5.91 Å². The van der Waals surface area contributed by atoms with E-state index in [0.29, 0.717) is 19.4 Å².